The quantitative estimate of drug-likeness (QED) is 0.116. The Kier molecular flexibility index (Phi) is 12.6. The topological polar surface area (TPSA) is 257 Å². The van der Waals surface area contributed by atoms with Crippen LogP contribution in [0.2, 0.25) is 0 Å². The zero-order chi connectivity index (χ0) is 25.9. The monoisotopic (exact) mass is 474 g/mol. The zero-order valence-electron chi connectivity index (χ0n) is 18.9. The van der Waals surface area contributed by atoms with Gasteiger partial charge in [0.05, 0.1) is 12.1 Å². The number of primary amides is 2. The van der Waals surface area contributed by atoms with Gasteiger partial charge in [0.2, 0.25) is 29.5 Å². The van der Waals surface area contributed by atoms with E-state index in [1.54, 1.807) is 13.8 Å². The molecule has 0 fully saturated rings. The molecule has 0 bridgehead atoms. The second kappa shape index (κ2) is 14.0. The number of carbonyl (C=O) groups is 6. The lowest BCUT2D eigenvalue weighted by molar-refractivity contribution is -0.144. The van der Waals surface area contributed by atoms with Crippen LogP contribution in [0.15, 0.2) is 0 Å². The minimum absolute atomic E-state index is 0.0875. The van der Waals surface area contributed by atoms with E-state index in [-0.39, 0.29) is 25.7 Å². The van der Waals surface area contributed by atoms with E-state index in [2.05, 4.69) is 16.0 Å². The van der Waals surface area contributed by atoms with Crippen LogP contribution in [0.4, 0.5) is 0 Å². The molecule has 0 radical (unpaired) electrons. The Morgan fingerprint density at radius 1 is 0.758 bits per heavy atom. The smallest absolute Gasteiger partial charge is 0.326 e. The first-order valence-corrected chi connectivity index (χ1v) is 10.3. The first kappa shape index (κ1) is 29.7. The van der Waals surface area contributed by atoms with Crippen molar-refractivity contribution in [3.63, 3.8) is 0 Å². The van der Waals surface area contributed by atoms with Gasteiger partial charge in [0.15, 0.2) is 0 Å². The standard InChI is InChI=1S/C19H34N6O8/c1-8(2)14(19(32)33)24-18(31)15(9(3)26)25-17(30)11(5-7-13(22)28)23-16(29)10(20)4-6-12(21)27/h8-11,14-15,26H,4-7,20H2,1-3H3,(H2,21,27)(H2,22,28)(H,23,29)(H,24,31)(H,25,30)(H,32,33). The molecule has 0 aliphatic rings. The number of carboxylic acids is 1. The summed E-state index contributed by atoms with van der Waals surface area (Å²) in [5, 5.41) is 26.0. The molecule has 5 unspecified atom stereocenters. The van der Waals surface area contributed by atoms with Crippen molar-refractivity contribution in [2.45, 2.75) is 76.7 Å². The number of carboxylic acid groups (broad SMARTS) is 1. The van der Waals surface area contributed by atoms with Crippen molar-refractivity contribution in [1.82, 2.24) is 16.0 Å². The number of hydrogen-bond donors (Lipinski definition) is 8. The number of rotatable bonds is 15. The van der Waals surface area contributed by atoms with Gasteiger partial charge in [-0.15, -0.1) is 0 Å². The van der Waals surface area contributed by atoms with Gasteiger partial charge >= 0.3 is 5.97 Å². The highest BCUT2D eigenvalue weighted by molar-refractivity contribution is 5.94. The van der Waals surface area contributed by atoms with E-state index in [0.29, 0.717) is 0 Å². The number of aliphatic hydroxyl groups is 1. The average molecular weight is 475 g/mol. The highest BCUT2D eigenvalue weighted by Gasteiger charge is 2.33. The third kappa shape index (κ3) is 11.2. The second-order valence-corrected chi connectivity index (χ2v) is 7.97. The lowest BCUT2D eigenvalue weighted by atomic mass is 10.0. The molecule has 0 saturated carbocycles. The van der Waals surface area contributed by atoms with Gasteiger partial charge in [0.25, 0.3) is 0 Å². The van der Waals surface area contributed by atoms with Crippen molar-refractivity contribution < 1.29 is 39.0 Å². The largest absolute Gasteiger partial charge is 0.480 e. The summed E-state index contributed by atoms with van der Waals surface area (Å²) >= 11 is 0. The fraction of sp³-hybridized carbons (Fsp3) is 0.684. The fourth-order valence-corrected chi connectivity index (χ4v) is 2.68. The van der Waals surface area contributed by atoms with E-state index in [1.807, 2.05) is 0 Å². The van der Waals surface area contributed by atoms with Crippen LogP contribution in [0.25, 0.3) is 0 Å². The highest BCUT2D eigenvalue weighted by atomic mass is 16.4. The van der Waals surface area contributed by atoms with Crippen molar-refractivity contribution in [2.75, 3.05) is 0 Å². The molecule has 0 aromatic carbocycles. The summed E-state index contributed by atoms with van der Waals surface area (Å²) in [7, 11) is 0. The van der Waals surface area contributed by atoms with Crippen LogP contribution in [0.1, 0.15) is 46.5 Å². The summed E-state index contributed by atoms with van der Waals surface area (Å²) in [6.45, 7) is 4.32. The fourth-order valence-electron chi connectivity index (χ4n) is 2.68. The second-order valence-electron chi connectivity index (χ2n) is 7.97. The SMILES string of the molecule is CC(C)C(NC(=O)C(NC(=O)C(CCC(N)=O)NC(=O)C(N)CCC(N)=O)C(C)O)C(=O)O. The average Bonchev–Trinajstić information content (AvgIpc) is 2.69. The number of carbonyl (C=O) groups excluding carboxylic acids is 5. The van der Waals surface area contributed by atoms with Crippen LogP contribution in [0, 0.1) is 5.92 Å². The first-order chi connectivity index (χ1) is 15.2. The number of aliphatic hydroxyl groups excluding tert-OH is 1. The third-order valence-corrected chi connectivity index (χ3v) is 4.64. The Bertz CT molecular complexity index is 742. The van der Waals surface area contributed by atoms with Gasteiger partial charge in [-0.05, 0) is 25.7 Å². The molecular weight excluding hydrogens is 440 g/mol. The lowest BCUT2D eigenvalue weighted by Crippen LogP contribution is -2.60. The van der Waals surface area contributed by atoms with Crippen molar-refractivity contribution >= 4 is 35.5 Å². The first-order valence-electron chi connectivity index (χ1n) is 10.3. The molecule has 0 aliphatic heterocycles. The van der Waals surface area contributed by atoms with E-state index >= 15 is 0 Å². The summed E-state index contributed by atoms with van der Waals surface area (Å²) in [6, 6.07) is -5.38. The summed E-state index contributed by atoms with van der Waals surface area (Å²) < 4.78 is 0. The van der Waals surface area contributed by atoms with Crippen LogP contribution >= 0.6 is 0 Å². The number of nitrogens with two attached hydrogens (primary N) is 3. The highest BCUT2D eigenvalue weighted by Crippen LogP contribution is 2.06. The number of hydrogen-bond acceptors (Lipinski definition) is 8. The molecular formula is C19H34N6O8. The Morgan fingerprint density at radius 3 is 1.67 bits per heavy atom. The summed E-state index contributed by atoms with van der Waals surface area (Å²) in [4.78, 5) is 70.9. The number of nitrogens with one attached hydrogen (secondary N) is 3. The lowest BCUT2D eigenvalue weighted by Gasteiger charge is -2.27. The normalized spacial score (nSPS) is 15.5. The number of aliphatic carboxylic acids is 1. The van der Waals surface area contributed by atoms with Gasteiger partial charge in [0.1, 0.15) is 18.1 Å². The molecule has 0 heterocycles. The Morgan fingerprint density at radius 2 is 1.24 bits per heavy atom. The minimum atomic E-state index is -1.56. The minimum Gasteiger partial charge on any atom is -0.480 e. The number of amides is 5. The van der Waals surface area contributed by atoms with E-state index in [4.69, 9.17) is 17.2 Å². The van der Waals surface area contributed by atoms with Gasteiger partial charge in [0, 0.05) is 12.8 Å². The molecule has 0 aromatic heterocycles. The molecule has 11 N–H and O–H groups in total. The summed E-state index contributed by atoms with van der Waals surface area (Å²) in [5.74, 6) is -5.93. The Hall–Kier alpha value is -3.26. The van der Waals surface area contributed by atoms with Gasteiger partial charge in [-0.25, -0.2) is 4.79 Å². The van der Waals surface area contributed by atoms with E-state index in [0.717, 1.165) is 0 Å². The predicted molar refractivity (Wildman–Crippen MR) is 115 cm³/mol. The van der Waals surface area contributed by atoms with Crippen LogP contribution in [0.3, 0.4) is 0 Å². The third-order valence-electron chi connectivity index (χ3n) is 4.64. The van der Waals surface area contributed by atoms with Gasteiger partial charge in [-0.1, -0.05) is 13.8 Å². The molecule has 14 heteroatoms. The van der Waals surface area contributed by atoms with Crippen molar-refractivity contribution in [3.8, 4) is 0 Å². The molecule has 5 atom stereocenters. The maximum Gasteiger partial charge on any atom is 0.326 e. The maximum atomic E-state index is 12.8. The molecule has 0 saturated heterocycles. The van der Waals surface area contributed by atoms with Crippen molar-refractivity contribution in [1.29, 1.82) is 0 Å². The Labute approximate surface area is 191 Å². The van der Waals surface area contributed by atoms with Crippen molar-refractivity contribution in [2.24, 2.45) is 23.1 Å². The zero-order valence-corrected chi connectivity index (χ0v) is 18.9. The molecule has 0 rings (SSSR count). The van der Waals surface area contributed by atoms with E-state index in [1.165, 1.54) is 6.92 Å². The van der Waals surface area contributed by atoms with Crippen LogP contribution in [-0.4, -0.2) is 76.0 Å². The van der Waals surface area contributed by atoms with Gasteiger partial charge in [-0.2, -0.15) is 0 Å². The molecule has 5 amide bonds. The summed E-state index contributed by atoms with van der Waals surface area (Å²) in [5.41, 5.74) is 15.8. The molecule has 0 aromatic rings. The van der Waals surface area contributed by atoms with Crippen molar-refractivity contribution in [3.05, 3.63) is 0 Å². The van der Waals surface area contributed by atoms with Gasteiger partial charge < -0.3 is 43.4 Å². The maximum absolute atomic E-state index is 12.8. The van der Waals surface area contributed by atoms with E-state index in [9.17, 15) is 39.0 Å². The molecule has 0 spiro atoms. The van der Waals surface area contributed by atoms with E-state index < -0.39 is 71.7 Å². The molecule has 14 nitrogen and oxygen atoms in total. The predicted octanol–water partition coefficient (Wildman–Crippen LogP) is -3.58. The van der Waals surface area contributed by atoms with Crippen LogP contribution < -0.4 is 33.2 Å². The van der Waals surface area contributed by atoms with Gasteiger partial charge in [-0.3, -0.25) is 24.0 Å². The molecule has 33 heavy (non-hydrogen) atoms. The Balaban J connectivity index is 5.46. The molecule has 0 aliphatic carbocycles. The molecule has 188 valence electrons. The van der Waals surface area contributed by atoms with Crippen LogP contribution in [0.5, 0.6) is 0 Å². The van der Waals surface area contributed by atoms with Crippen LogP contribution in [-0.2, 0) is 28.8 Å². The summed E-state index contributed by atoms with van der Waals surface area (Å²) in [6.07, 6.45) is -2.23.